The van der Waals surface area contributed by atoms with Crippen molar-refractivity contribution in [2.24, 2.45) is 0 Å². The first-order valence-corrected chi connectivity index (χ1v) is 3.76. The highest BCUT2D eigenvalue weighted by atomic mass is 32.1. The van der Waals surface area contributed by atoms with Gasteiger partial charge in [0, 0.05) is 0 Å². The Kier molecular flexibility index (Phi) is 1.73. The van der Waals surface area contributed by atoms with E-state index in [1.165, 1.54) is 0 Å². The predicted molar refractivity (Wildman–Crippen MR) is 46.7 cm³/mol. The van der Waals surface area contributed by atoms with Gasteiger partial charge in [-0.1, -0.05) is 0 Å². The van der Waals surface area contributed by atoms with E-state index in [-0.39, 0.29) is 21.4 Å². The van der Waals surface area contributed by atoms with Crippen LogP contribution in [0.5, 0.6) is 0 Å². The van der Waals surface area contributed by atoms with Crippen LogP contribution in [0.15, 0.2) is 10.5 Å². The first kappa shape index (κ1) is 8.43. The van der Waals surface area contributed by atoms with Crippen LogP contribution in [-0.4, -0.2) is 12.8 Å². The second kappa shape index (κ2) is 2.66. The Hall–Kier alpha value is -1.17. The van der Waals surface area contributed by atoms with Gasteiger partial charge in [-0.25, -0.2) is 8.78 Å². The summed E-state index contributed by atoms with van der Waals surface area (Å²) in [5.74, 6) is -2.07. The van der Waals surface area contributed by atoms with Crippen molar-refractivity contribution < 1.29 is 13.2 Å². The van der Waals surface area contributed by atoms with Crippen molar-refractivity contribution in [3.8, 4) is 0 Å². The fourth-order valence-corrected chi connectivity index (χ4v) is 1.26. The first-order valence-electron chi connectivity index (χ1n) is 3.36. The molecule has 0 aliphatic heterocycles. The molecule has 64 valence electrons. The summed E-state index contributed by atoms with van der Waals surface area (Å²) in [5.41, 5.74) is -0.0762. The number of H-pyrrole nitrogens is 1. The Bertz CT molecular complexity index is 533. The number of fused-ring (bicyclic) bond motifs is 1. The van der Waals surface area contributed by atoms with E-state index < -0.39 is 11.6 Å². The maximum atomic E-state index is 13.0. The molecule has 0 atom stereocenters. The van der Waals surface area contributed by atoms with Crippen LogP contribution in [0.4, 0.5) is 8.78 Å². The van der Waals surface area contributed by atoms with Crippen LogP contribution in [0.1, 0.15) is 0 Å². The number of nitrogens with one attached hydrogen (secondary N) is 1. The fraction of sp³-hybridized carbons (Fsp3) is 0. The highest BCUT2D eigenvalue weighted by Gasteiger charge is 2.12. The largest absolute Gasteiger partial charge is 0.430 e. The third kappa shape index (κ3) is 1.17. The summed E-state index contributed by atoms with van der Waals surface area (Å²) in [5, 5.41) is 0. The summed E-state index contributed by atoms with van der Waals surface area (Å²) in [6, 6.07) is 0.851. The summed E-state index contributed by atoms with van der Waals surface area (Å²) >= 11 is 4.61. The van der Waals surface area contributed by atoms with Crippen molar-refractivity contribution >= 4 is 36.6 Å². The minimum absolute atomic E-state index is 0.0150. The number of oxazole rings is 1. The van der Waals surface area contributed by atoms with Crippen LogP contribution in [-0.2, 0) is 0 Å². The maximum Gasteiger partial charge on any atom is 0.266 e. The van der Waals surface area contributed by atoms with Crippen molar-refractivity contribution in [2.45, 2.75) is 0 Å². The lowest BCUT2D eigenvalue weighted by Gasteiger charge is -1.96. The molecule has 0 aliphatic rings. The monoisotopic (exact) mass is 197 g/mol. The van der Waals surface area contributed by atoms with E-state index in [0.29, 0.717) is 0 Å². The molecule has 1 aromatic heterocycles. The van der Waals surface area contributed by atoms with E-state index in [0.717, 1.165) is 6.07 Å². The van der Waals surface area contributed by atoms with E-state index >= 15 is 0 Å². The zero-order valence-corrected chi connectivity index (χ0v) is 7.04. The second-order valence-corrected chi connectivity index (χ2v) is 2.85. The van der Waals surface area contributed by atoms with Crippen LogP contribution < -0.4 is 5.46 Å². The van der Waals surface area contributed by atoms with Crippen molar-refractivity contribution in [2.75, 3.05) is 0 Å². The summed E-state index contributed by atoms with van der Waals surface area (Å²) in [6.45, 7) is 0. The Morgan fingerprint density at radius 2 is 2.15 bits per heavy atom. The highest BCUT2D eigenvalue weighted by Crippen LogP contribution is 2.17. The fourth-order valence-electron chi connectivity index (χ4n) is 1.07. The molecule has 0 saturated carbocycles. The predicted octanol–water partition coefficient (Wildman–Crippen LogP) is 1.56. The Morgan fingerprint density at radius 1 is 1.46 bits per heavy atom. The van der Waals surface area contributed by atoms with E-state index in [1.807, 2.05) is 0 Å². The van der Waals surface area contributed by atoms with E-state index in [1.54, 1.807) is 0 Å². The van der Waals surface area contributed by atoms with E-state index in [2.05, 4.69) is 17.2 Å². The van der Waals surface area contributed by atoms with Crippen LogP contribution in [0.3, 0.4) is 0 Å². The smallest absolute Gasteiger partial charge is 0.266 e. The number of hydrogen-bond donors (Lipinski definition) is 1. The summed E-state index contributed by atoms with van der Waals surface area (Å²) in [4.78, 5) is 2.33. The van der Waals surface area contributed by atoms with Crippen molar-refractivity contribution in [1.82, 2.24) is 4.98 Å². The SMILES string of the molecule is [B]c1cc(F)c(F)c2[nH]c(=S)oc12. The van der Waals surface area contributed by atoms with Gasteiger partial charge in [-0.05, 0) is 23.7 Å². The number of benzene rings is 1. The lowest BCUT2D eigenvalue weighted by Crippen LogP contribution is -2.05. The summed E-state index contributed by atoms with van der Waals surface area (Å²) < 4.78 is 30.7. The van der Waals surface area contributed by atoms with Gasteiger partial charge in [-0.2, -0.15) is 0 Å². The molecule has 0 saturated heterocycles. The number of aromatic nitrogens is 1. The molecule has 2 radical (unpaired) electrons. The molecule has 0 spiro atoms. The van der Waals surface area contributed by atoms with Gasteiger partial charge >= 0.3 is 0 Å². The third-order valence-electron chi connectivity index (χ3n) is 1.62. The molecule has 0 unspecified atom stereocenters. The standard InChI is InChI=1S/C7H2BF2NOS/c8-2-1-3(9)4(10)5-6(2)12-7(13)11-5/h1H,(H,11,13). The molecular weight excluding hydrogens is 195 g/mol. The van der Waals surface area contributed by atoms with Crippen molar-refractivity contribution in [1.29, 1.82) is 0 Å². The third-order valence-corrected chi connectivity index (χ3v) is 1.81. The minimum Gasteiger partial charge on any atom is -0.430 e. The zero-order chi connectivity index (χ0) is 9.59. The molecule has 13 heavy (non-hydrogen) atoms. The molecule has 6 heteroatoms. The topological polar surface area (TPSA) is 28.9 Å². The van der Waals surface area contributed by atoms with Crippen molar-refractivity contribution in [3.05, 3.63) is 22.5 Å². The van der Waals surface area contributed by atoms with Gasteiger partial charge in [-0.3, -0.25) is 0 Å². The quantitative estimate of drug-likeness (QED) is 0.512. The molecular formula is C7H2BF2NOS. The number of halogens is 2. The molecule has 1 N–H and O–H groups in total. The number of rotatable bonds is 0. The Balaban J connectivity index is 3.04. The molecule has 2 nitrogen and oxygen atoms in total. The minimum atomic E-state index is -1.04. The number of aromatic amines is 1. The van der Waals surface area contributed by atoms with Gasteiger partial charge in [0.2, 0.25) is 0 Å². The lowest BCUT2D eigenvalue weighted by molar-refractivity contribution is 0.515. The molecule has 1 heterocycles. The Morgan fingerprint density at radius 3 is 2.85 bits per heavy atom. The van der Waals surface area contributed by atoms with Crippen molar-refractivity contribution in [3.63, 3.8) is 0 Å². The molecule has 0 fully saturated rings. The molecule has 0 amide bonds. The van der Waals surface area contributed by atoms with Gasteiger partial charge in [0.05, 0.1) is 0 Å². The summed E-state index contributed by atoms with van der Waals surface area (Å²) in [7, 11) is 5.37. The first-order chi connectivity index (χ1) is 6.09. The molecule has 0 aliphatic carbocycles. The van der Waals surface area contributed by atoms with Crippen LogP contribution in [0.2, 0.25) is 0 Å². The van der Waals surface area contributed by atoms with Gasteiger partial charge in [-0.15, -0.1) is 0 Å². The lowest BCUT2D eigenvalue weighted by atomic mass is 9.95. The van der Waals surface area contributed by atoms with Gasteiger partial charge in [0.1, 0.15) is 18.9 Å². The molecule has 2 aromatic rings. The molecule has 2 rings (SSSR count). The van der Waals surface area contributed by atoms with Gasteiger partial charge < -0.3 is 9.40 Å². The highest BCUT2D eigenvalue weighted by molar-refractivity contribution is 7.71. The van der Waals surface area contributed by atoms with Crippen LogP contribution in [0.25, 0.3) is 11.1 Å². The average Bonchev–Trinajstić information content (AvgIpc) is 2.44. The van der Waals surface area contributed by atoms with E-state index in [9.17, 15) is 8.78 Å². The van der Waals surface area contributed by atoms with Gasteiger partial charge in [0.25, 0.3) is 4.84 Å². The number of hydrogen-bond acceptors (Lipinski definition) is 2. The van der Waals surface area contributed by atoms with Crippen LogP contribution in [0, 0.1) is 16.5 Å². The maximum absolute atomic E-state index is 13.0. The molecule has 0 bridgehead atoms. The Labute approximate surface area is 78.0 Å². The van der Waals surface area contributed by atoms with Gasteiger partial charge in [0.15, 0.2) is 11.6 Å². The van der Waals surface area contributed by atoms with E-state index in [4.69, 9.17) is 12.3 Å². The average molecular weight is 197 g/mol. The van der Waals surface area contributed by atoms with Crippen LogP contribution >= 0.6 is 12.2 Å². The normalized spacial score (nSPS) is 10.9. The zero-order valence-electron chi connectivity index (χ0n) is 6.23. The second-order valence-electron chi connectivity index (χ2n) is 2.48. The molecule has 1 aromatic carbocycles. The summed E-state index contributed by atoms with van der Waals surface area (Å²) in [6.07, 6.45) is 0.